The van der Waals surface area contributed by atoms with Crippen LogP contribution < -0.4 is 0 Å². The van der Waals surface area contributed by atoms with E-state index in [0.717, 1.165) is 25.7 Å². The summed E-state index contributed by atoms with van der Waals surface area (Å²) in [7, 11) is -3.07. The van der Waals surface area contributed by atoms with Crippen LogP contribution in [-0.4, -0.2) is 40.8 Å². The van der Waals surface area contributed by atoms with Gasteiger partial charge in [0.25, 0.3) is 0 Å². The van der Waals surface area contributed by atoms with Gasteiger partial charge in [0.2, 0.25) is 0 Å². The molecule has 1 heterocycles. The minimum absolute atomic E-state index is 0.00561. The van der Waals surface area contributed by atoms with Crippen LogP contribution in [0.3, 0.4) is 0 Å². The molecule has 1 saturated carbocycles. The van der Waals surface area contributed by atoms with E-state index in [1.165, 1.54) is 10.9 Å². The van der Waals surface area contributed by atoms with Crippen LogP contribution in [0.1, 0.15) is 54.6 Å². The third kappa shape index (κ3) is 3.39. The van der Waals surface area contributed by atoms with Gasteiger partial charge >= 0.3 is 5.97 Å². The lowest BCUT2D eigenvalue weighted by Crippen LogP contribution is -2.15. The maximum Gasteiger partial charge on any atom is 0.339 e. The number of sulfone groups is 1. The van der Waals surface area contributed by atoms with Crippen LogP contribution in [0.25, 0.3) is 0 Å². The lowest BCUT2D eigenvalue weighted by atomic mass is 10.0. The highest BCUT2D eigenvalue weighted by Crippen LogP contribution is 2.34. The van der Waals surface area contributed by atoms with Gasteiger partial charge in [0.15, 0.2) is 9.84 Å². The standard InChI is InChI=1S/C13H20N2O4S/c1-2-20(18,19)8-7-15-9-11(13(16)17)12(14-15)10-5-3-4-6-10/h9-10H,2-8H2,1H3,(H,16,17). The summed E-state index contributed by atoms with van der Waals surface area (Å²) in [5.74, 6) is -0.703. The Hall–Kier alpha value is -1.37. The second-order valence-electron chi connectivity index (χ2n) is 5.21. The molecule has 20 heavy (non-hydrogen) atoms. The number of carboxylic acids is 1. The van der Waals surface area contributed by atoms with E-state index in [-0.39, 0.29) is 29.5 Å². The van der Waals surface area contributed by atoms with Crippen molar-refractivity contribution in [1.82, 2.24) is 9.78 Å². The molecule has 1 aromatic rings. The minimum Gasteiger partial charge on any atom is -0.478 e. The van der Waals surface area contributed by atoms with Crippen molar-refractivity contribution < 1.29 is 18.3 Å². The van der Waals surface area contributed by atoms with Crippen molar-refractivity contribution >= 4 is 15.8 Å². The molecule has 0 spiro atoms. The number of aromatic carboxylic acids is 1. The van der Waals surface area contributed by atoms with E-state index < -0.39 is 15.8 Å². The van der Waals surface area contributed by atoms with Gasteiger partial charge in [-0.05, 0) is 12.8 Å². The molecule has 1 aliphatic carbocycles. The van der Waals surface area contributed by atoms with E-state index in [9.17, 15) is 18.3 Å². The van der Waals surface area contributed by atoms with Crippen molar-refractivity contribution in [2.45, 2.75) is 45.1 Å². The van der Waals surface area contributed by atoms with Crippen LogP contribution in [0.4, 0.5) is 0 Å². The first-order valence-corrected chi connectivity index (χ1v) is 8.76. The van der Waals surface area contributed by atoms with Crippen LogP contribution in [0.2, 0.25) is 0 Å². The van der Waals surface area contributed by atoms with E-state index in [1.54, 1.807) is 6.92 Å². The van der Waals surface area contributed by atoms with Gasteiger partial charge in [-0.3, -0.25) is 4.68 Å². The first kappa shape index (κ1) is 15.0. The van der Waals surface area contributed by atoms with Gasteiger partial charge in [0, 0.05) is 17.9 Å². The Labute approximate surface area is 118 Å². The van der Waals surface area contributed by atoms with Crippen molar-refractivity contribution in [3.63, 3.8) is 0 Å². The second kappa shape index (κ2) is 5.95. The van der Waals surface area contributed by atoms with Gasteiger partial charge in [0.1, 0.15) is 5.56 Å². The molecule has 0 amide bonds. The predicted molar refractivity (Wildman–Crippen MR) is 74.7 cm³/mol. The Morgan fingerprint density at radius 1 is 1.45 bits per heavy atom. The summed E-state index contributed by atoms with van der Waals surface area (Å²) < 4.78 is 24.5. The molecule has 0 aliphatic heterocycles. The molecule has 1 fully saturated rings. The molecule has 7 heteroatoms. The highest BCUT2D eigenvalue weighted by molar-refractivity contribution is 7.91. The highest BCUT2D eigenvalue weighted by atomic mass is 32.2. The van der Waals surface area contributed by atoms with Gasteiger partial charge in [-0.2, -0.15) is 5.10 Å². The zero-order chi connectivity index (χ0) is 14.8. The highest BCUT2D eigenvalue weighted by Gasteiger charge is 2.26. The average molecular weight is 300 g/mol. The lowest BCUT2D eigenvalue weighted by molar-refractivity contribution is 0.0695. The molecule has 112 valence electrons. The molecule has 1 aromatic heterocycles. The molecule has 0 bridgehead atoms. The molecule has 0 saturated heterocycles. The number of aryl methyl sites for hydroxylation is 1. The first-order chi connectivity index (χ1) is 9.43. The van der Waals surface area contributed by atoms with E-state index in [0.29, 0.717) is 5.69 Å². The van der Waals surface area contributed by atoms with E-state index >= 15 is 0 Å². The van der Waals surface area contributed by atoms with Crippen molar-refractivity contribution in [3.8, 4) is 0 Å². The summed E-state index contributed by atoms with van der Waals surface area (Å²) in [6.45, 7) is 1.81. The monoisotopic (exact) mass is 300 g/mol. The number of hydrogen-bond donors (Lipinski definition) is 1. The van der Waals surface area contributed by atoms with Crippen molar-refractivity contribution in [2.24, 2.45) is 0 Å². The predicted octanol–water partition coefficient (Wildman–Crippen LogP) is 1.67. The normalized spacial score (nSPS) is 16.6. The molecular weight excluding hydrogens is 280 g/mol. The van der Waals surface area contributed by atoms with Gasteiger partial charge in [-0.1, -0.05) is 19.8 Å². The summed E-state index contributed by atoms with van der Waals surface area (Å²) in [6.07, 6.45) is 5.58. The Kier molecular flexibility index (Phi) is 4.47. The first-order valence-electron chi connectivity index (χ1n) is 6.94. The number of hydrogen-bond acceptors (Lipinski definition) is 4. The number of nitrogens with zero attached hydrogens (tertiary/aromatic N) is 2. The third-order valence-electron chi connectivity index (χ3n) is 3.83. The van der Waals surface area contributed by atoms with Crippen molar-refractivity contribution in [3.05, 3.63) is 17.5 Å². The Morgan fingerprint density at radius 2 is 2.10 bits per heavy atom. The summed E-state index contributed by atoms with van der Waals surface area (Å²) in [5.41, 5.74) is 0.828. The smallest absolute Gasteiger partial charge is 0.339 e. The fraction of sp³-hybridized carbons (Fsp3) is 0.692. The second-order valence-corrected chi connectivity index (χ2v) is 7.69. The summed E-state index contributed by atoms with van der Waals surface area (Å²) in [4.78, 5) is 11.3. The molecule has 0 aromatic carbocycles. The maximum atomic E-state index is 11.5. The maximum absolute atomic E-state index is 11.5. The minimum atomic E-state index is -3.07. The Morgan fingerprint density at radius 3 is 2.65 bits per heavy atom. The van der Waals surface area contributed by atoms with Crippen LogP contribution >= 0.6 is 0 Å². The van der Waals surface area contributed by atoms with Crippen molar-refractivity contribution in [2.75, 3.05) is 11.5 Å². The van der Waals surface area contributed by atoms with Crippen LogP contribution in [0.15, 0.2) is 6.20 Å². The number of rotatable bonds is 6. The lowest BCUT2D eigenvalue weighted by Gasteiger charge is -2.06. The molecule has 0 atom stereocenters. The van der Waals surface area contributed by atoms with Gasteiger partial charge in [0.05, 0.1) is 18.0 Å². The molecule has 1 aliphatic rings. The summed E-state index contributed by atoms with van der Waals surface area (Å²) in [6, 6.07) is 0. The average Bonchev–Trinajstić information content (AvgIpc) is 3.05. The van der Waals surface area contributed by atoms with Gasteiger partial charge < -0.3 is 5.11 Å². The van der Waals surface area contributed by atoms with Gasteiger partial charge in [-0.25, -0.2) is 13.2 Å². The van der Waals surface area contributed by atoms with E-state index in [4.69, 9.17) is 0 Å². The zero-order valence-corrected chi connectivity index (χ0v) is 12.4. The van der Waals surface area contributed by atoms with Crippen LogP contribution in [0.5, 0.6) is 0 Å². The quantitative estimate of drug-likeness (QED) is 0.863. The number of aromatic nitrogens is 2. The molecule has 1 N–H and O–H groups in total. The number of carboxylic acid groups (broad SMARTS) is 1. The molecular formula is C13H20N2O4S. The molecule has 0 radical (unpaired) electrons. The van der Waals surface area contributed by atoms with Gasteiger partial charge in [-0.15, -0.1) is 0 Å². The Bertz CT molecular complexity index is 586. The van der Waals surface area contributed by atoms with Crippen molar-refractivity contribution in [1.29, 1.82) is 0 Å². The summed E-state index contributed by atoms with van der Waals surface area (Å²) >= 11 is 0. The summed E-state index contributed by atoms with van der Waals surface area (Å²) in [5, 5.41) is 13.6. The number of carbonyl (C=O) groups is 1. The SMILES string of the molecule is CCS(=O)(=O)CCn1cc(C(=O)O)c(C2CCCC2)n1. The van der Waals surface area contributed by atoms with Crippen LogP contribution in [-0.2, 0) is 16.4 Å². The molecule has 6 nitrogen and oxygen atoms in total. The Balaban J connectivity index is 2.18. The molecule has 0 unspecified atom stereocenters. The topological polar surface area (TPSA) is 89.3 Å². The van der Waals surface area contributed by atoms with E-state index in [1.807, 2.05) is 0 Å². The zero-order valence-electron chi connectivity index (χ0n) is 11.6. The van der Waals surface area contributed by atoms with Crippen LogP contribution in [0, 0.1) is 0 Å². The molecule has 2 rings (SSSR count). The third-order valence-corrected chi connectivity index (χ3v) is 5.52. The fourth-order valence-electron chi connectivity index (χ4n) is 2.59. The largest absolute Gasteiger partial charge is 0.478 e. The van der Waals surface area contributed by atoms with E-state index in [2.05, 4.69) is 5.10 Å². The fourth-order valence-corrected chi connectivity index (χ4v) is 3.35.